The summed E-state index contributed by atoms with van der Waals surface area (Å²) in [5.74, 6) is -0.0573. The van der Waals surface area contributed by atoms with Crippen molar-refractivity contribution in [1.29, 1.82) is 0 Å². The first-order chi connectivity index (χ1) is 9.64. The first kappa shape index (κ1) is 14.3. The number of rotatable bonds is 4. The van der Waals surface area contributed by atoms with Crippen LogP contribution in [-0.4, -0.2) is 48.2 Å². The molecule has 1 heterocycles. The number of carbonyl (C=O) groups excluding carboxylic acids is 1. The molecule has 1 N–H and O–H groups in total. The van der Waals surface area contributed by atoms with Gasteiger partial charge in [0.1, 0.15) is 5.54 Å². The lowest BCUT2D eigenvalue weighted by atomic mass is 9.89. The van der Waals surface area contributed by atoms with E-state index in [9.17, 15) is 4.79 Å². The van der Waals surface area contributed by atoms with Crippen molar-refractivity contribution in [2.45, 2.75) is 82.0 Å². The summed E-state index contributed by atoms with van der Waals surface area (Å²) in [4.78, 5) is 15.0. The van der Waals surface area contributed by atoms with Gasteiger partial charge in [-0.05, 0) is 39.0 Å². The molecule has 2 aliphatic carbocycles. The second-order valence-electron chi connectivity index (χ2n) is 7.01. The Morgan fingerprint density at radius 2 is 1.90 bits per heavy atom. The molecule has 1 aliphatic heterocycles. The van der Waals surface area contributed by atoms with E-state index in [0.717, 1.165) is 13.0 Å². The molecule has 4 nitrogen and oxygen atoms in total. The molecule has 20 heavy (non-hydrogen) atoms. The lowest BCUT2D eigenvalue weighted by Crippen LogP contribution is -2.58. The largest absolute Gasteiger partial charge is 0.468 e. The Hall–Kier alpha value is -0.610. The van der Waals surface area contributed by atoms with E-state index in [2.05, 4.69) is 17.1 Å². The number of esters is 1. The Balaban J connectivity index is 1.73. The van der Waals surface area contributed by atoms with Gasteiger partial charge in [0, 0.05) is 24.7 Å². The molecule has 0 bridgehead atoms. The molecule has 1 saturated heterocycles. The second-order valence-corrected chi connectivity index (χ2v) is 7.01. The smallest absolute Gasteiger partial charge is 0.327 e. The zero-order valence-electron chi connectivity index (χ0n) is 12.9. The van der Waals surface area contributed by atoms with Crippen molar-refractivity contribution in [3.8, 4) is 0 Å². The van der Waals surface area contributed by atoms with Crippen LogP contribution in [0.3, 0.4) is 0 Å². The van der Waals surface area contributed by atoms with Crippen LogP contribution in [0.1, 0.15) is 58.3 Å². The molecule has 114 valence electrons. The van der Waals surface area contributed by atoms with Crippen LogP contribution in [-0.2, 0) is 9.53 Å². The summed E-state index contributed by atoms with van der Waals surface area (Å²) in [5, 5.41) is 3.71. The van der Waals surface area contributed by atoms with Crippen molar-refractivity contribution < 1.29 is 9.53 Å². The summed E-state index contributed by atoms with van der Waals surface area (Å²) in [6.45, 7) is 3.09. The molecule has 2 unspecified atom stereocenters. The van der Waals surface area contributed by atoms with Gasteiger partial charge in [-0.15, -0.1) is 0 Å². The Kier molecular flexibility index (Phi) is 4.04. The molecule has 0 aromatic heterocycles. The van der Waals surface area contributed by atoms with Crippen molar-refractivity contribution in [1.82, 2.24) is 10.2 Å². The molecule has 0 amide bonds. The molecule has 0 radical (unpaired) electrons. The van der Waals surface area contributed by atoms with Gasteiger partial charge >= 0.3 is 5.97 Å². The molecule has 0 aromatic carbocycles. The molecule has 2 saturated carbocycles. The number of nitrogens with zero attached hydrogens (tertiary/aromatic N) is 1. The topological polar surface area (TPSA) is 41.6 Å². The zero-order chi connectivity index (χ0) is 14.2. The van der Waals surface area contributed by atoms with E-state index in [4.69, 9.17) is 4.74 Å². The minimum atomic E-state index is -0.460. The van der Waals surface area contributed by atoms with E-state index in [0.29, 0.717) is 18.1 Å². The molecule has 3 aliphatic rings. The summed E-state index contributed by atoms with van der Waals surface area (Å²) in [5.41, 5.74) is -0.460. The molecule has 2 atom stereocenters. The normalized spacial score (nSPS) is 36.2. The van der Waals surface area contributed by atoms with Crippen LogP contribution in [0.4, 0.5) is 0 Å². The fourth-order valence-electron chi connectivity index (χ4n) is 4.19. The van der Waals surface area contributed by atoms with Gasteiger partial charge in [-0.2, -0.15) is 0 Å². The molecular weight excluding hydrogens is 252 g/mol. The SMILES string of the molecule is COC(=O)C1(NC2CCCCC2)CC(C)N(C2CC2)C1. The van der Waals surface area contributed by atoms with Crippen molar-refractivity contribution >= 4 is 5.97 Å². The molecule has 3 fully saturated rings. The summed E-state index contributed by atoms with van der Waals surface area (Å²) < 4.78 is 5.15. The number of hydrogen-bond acceptors (Lipinski definition) is 4. The summed E-state index contributed by atoms with van der Waals surface area (Å²) >= 11 is 0. The highest BCUT2D eigenvalue weighted by atomic mass is 16.5. The number of ether oxygens (including phenoxy) is 1. The van der Waals surface area contributed by atoms with Crippen molar-refractivity contribution in [2.24, 2.45) is 0 Å². The van der Waals surface area contributed by atoms with Crippen LogP contribution in [0.2, 0.25) is 0 Å². The maximum Gasteiger partial charge on any atom is 0.327 e. The standard InChI is InChI=1S/C16H28N2O2/c1-12-10-16(15(19)20-2,11-18(12)14-8-9-14)17-13-6-4-3-5-7-13/h12-14,17H,3-11H2,1-2H3. The van der Waals surface area contributed by atoms with E-state index in [1.54, 1.807) is 0 Å². The quantitative estimate of drug-likeness (QED) is 0.801. The van der Waals surface area contributed by atoms with Crippen molar-refractivity contribution in [3.63, 3.8) is 0 Å². The predicted molar refractivity (Wildman–Crippen MR) is 78.6 cm³/mol. The van der Waals surface area contributed by atoms with E-state index in [1.165, 1.54) is 52.1 Å². The first-order valence-electron chi connectivity index (χ1n) is 8.26. The van der Waals surface area contributed by atoms with Gasteiger partial charge in [0.25, 0.3) is 0 Å². The molecule has 3 rings (SSSR count). The summed E-state index contributed by atoms with van der Waals surface area (Å²) in [7, 11) is 1.52. The monoisotopic (exact) mass is 280 g/mol. The minimum Gasteiger partial charge on any atom is -0.468 e. The van der Waals surface area contributed by atoms with Gasteiger partial charge in [0.05, 0.1) is 7.11 Å². The van der Waals surface area contributed by atoms with E-state index in [1.807, 2.05) is 0 Å². The van der Waals surface area contributed by atoms with Gasteiger partial charge in [0.15, 0.2) is 0 Å². The van der Waals surface area contributed by atoms with Crippen LogP contribution in [0.25, 0.3) is 0 Å². The van der Waals surface area contributed by atoms with Crippen molar-refractivity contribution in [3.05, 3.63) is 0 Å². The number of likely N-dealkylation sites (tertiary alicyclic amines) is 1. The van der Waals surface area contributed by atoms with E-state index < -0.39 is 5.54 Å². The molecule has 0 aromatic rings. The van der Waals surface area contributed by atoms with Gasteiger partial charge in [0.2, 0.25) is 0 Å². The van der Waals surface area contributed by atoms with Crippen molar-refractivity contribution in [2.75, 3.05) is 13.7 Å². The van der Waals surface area contributed by atoms with Gasteiger partial charge in [-0.3, -0.25) is 15.0 Å². The van der Waals surface area contributed by atoms with E-state index in [-0.39, 0.29) is 5.97 Å². The maximum absolute atomic E-state index is 12.4. The third kappa shape index (κ3) is 2.73. The van der Waals surface area contributed by atoms with Crippen LogP contribution in [0, 0.1) is 0 Å². The Morgan fingerprint density at radius 1 is 1.20 bits per heavy atom. The fraction of sp³-hybridized carbons (Fsp3) is 0.938. The highest BCUT2D eigenvalue weighted by molar-refractivity contribution is 5.82. The molecule has 0 spiro atoms. The maximum atomic E-state index is 12.4. The van der Waals surface area contributed by atoms with Gasteiger partial charge < -0.3 is 4.74 Å². The van der Waals surface area contributed by atoms with Crippen LogP contribution in [0.5, 0.6) is 0 Å². The fourth-order valence-corrected chi connectivity index (χ4v) is 4.19. The van der Waals surface area contributed by atoms with Crippen LogP contribution in [0.15, 0.2) is 0 Å². The number of carbonyl (C=O) groups is 1. The second kappa shape index (κ2) is 5.64. The summed E-state index contributed by atoms with van der Waals surface area (Å²) in [6, 6.07) is 1.69. The number of nitrogens with one attached hydrogen (secondary N) is 1. The Labute approximate surface area is 122 Å². The van der Waals surface area contributed by atoms with Crippen LogP contribution >= 0.6 is 0 Å². The zero-order valence-corrected chi connectivity index (χ0v) is 12.9. The van der Waals surface area contributed by atoms with Gasteiger partial charge in [-0.25, -0.2) is 0 Å². The minimum absolute atomic E-state index is 0.0573. The highest BCUT2D eigenvalue weighted by Gasteiger charge is 2.52. The lowest BCUT2D eigenvalue weighted by molar-refractivity contribution is -0.148. The molecule has 4 heteroatoms. The highest BCUT2D eigenvalue weighted by Crippen LogP contribution is 2.38. The average Bonchev–Trinajstić information content (AvgIpc) is 3.24. The molecular formula is C16H28N2O2. The lowest BCUT2D eigenvalue weighted by Gasteiger charge is -2.34. The van der Waals surface area contributed by atoms with Crippen LogP contribution < -0.4 is 5.32 Å². The first-order valence-corrected chi connectivity index (χ1v) is 8.26. The third-order valence-electron chi connectivity index (χ3n) is 5.34. The number of hydrogen-bond donors (Lipinski definition) is 1. The predicted octanol–water partition coefficient (Wildman–Crippen LogP) is 2.08. The third-order valence-corrected chi connectivity index (χ3v) is 5.34. The average molecular weight is 280 g/mol. The van der Waals surface area contributed by atoms with E-state index >= 15 is 0 Å². The Bertz CT molecular complexity index is 363. The van der Waals surface area contributed by atoms with Gasteiger partial charge in [-0.1, -0.05) is 19.3 Å². The Morgan fingerprint density at radius 3 is 2.50 bits per heavy atom. The number of methoxy groups -OCH3 is 1. The summed E-state index contributed by atoms with van der Waals surface area (Å²) in [6.07, 6.45) is 9.82.